The smallest absolute Gasteiger partial charge is 0.160 e. The van der Waals surface area contributed by atoms with Crippen LogP contribution < -0.4 is 0 Å². The minimum atomic E-state index is -0.192. The minimum Gasteiger partial charge on any atom is -0.286 e. The maximum Gasteiger partial charge on any atom is 0.160 e. The van der Waals surface area contributed by atoms with Crippen LogP contribution in [0, 0.1) is 11.7 Å². The zero-order valence-corrected chi connectivity index (χ0v) is 15.9. The molecule has 0 aliphatic heterocycles. The zero-order valence-electron chi connectivity index (χ0n) is 15.9. The van der Waals surface area contributed by atoms with Crippen molar-refractivity contribution in [2.24, 2.45) is 5.92 Å². The van der Waals surface area contributed by atoms with E-state index in [1.165, 1.54) is 11.6 Å². The van der Waals surface area contributed by atoms with Crippen LogP contribution >= 0.6 is 0 Å². The topological polar surface area (TPSA) is 43.1 Å². The summed E-state index contributed by atoms with van der Waals surface area (Å²) in [5.41, 5.74) is 3.02. The van der Waals surface area contributed by atoms with E-state index in [2.05, 4.69) is 32.6 Å². The number of benzene rings is 1. The Balaban J connectivity index is 1.36. The molecule has 0 saturated heterocycles. The summed E-state index contributed by atoms with van der Waals surface area (Å²) in [4.78, 5) is 4.40. The van der Waals surface area contributed by atoms with E-state index in [-0.39, 0.29) is 5.82 Å². The van der Waals surface area contributed by atoms with E-state index in [0.717, 1.165) is 48.1 Å². The van der Waals surface area contributed by atoms with Crippen molar-refractivity contribution in [1.29, 1.82) is 0 Å². The van der Waals surface area contributed by atoms with E-state index in [4.69, 9.17) is 0 Å². The molecule has 4 nitrogen and oxygen atoms in total. The molecule has 1 aliphatic rings. The first-order valence-corrected chi connectivity index (χ1v) is 10.0. The maximum atomic E-state index is 13.8. The van der Waals surface area contributed by atoms with Crippen LogP contribution in [0.5, 0.6) is 0 Å². The predicted octanol–water partition coefficient (Wildman–Crippen LogP) is 5.49. The van der Waals surface area contributed by atoms with Gasteiger partial charge in [0, 0.05) is 23.7 Å². The molecule has 0 spiro atoms. The van der Waals surface area contributed by atoms with Gasteiger partial charge in [-0.15, -0.1) is 10.2 Å². The first-order valence-electron chi connectivity index (χ1n) is 10.0. The molecule has 1 aromatic carbocycles. The molecule has 1 saturated carbocycles. The van der Waals surface area contributed by atoms with Crippen molar-refractivity contribution in [3.63, 3.8) is 0 Å². The summed E-state index contributed by atoms with van der Waals surface area (Å²) in [6.45, 7) is 2.27. The van der Waals surface area contributed by atoms with Crippen molar-refractivity contribution in [3.8, 4) is 0 Å². The van der Waals surface area contributed by atoms with Crippen molar-refractivity contribution in [1.82, 2.24) is 19.6 Å². The van der Waals surface area contributed by atoms with Crippen molar-refractivity contribution in [2.45, 2.75) is 44.4 Å². The van der Waals surface area contributed by atoms with E-state index >= 15 is 0 Å². The van der Waals surface area contributed by atoms with E-state index in [1.807, 2.05) is 30.6 Å². The number of hydrogen-bond acceptors (Lipinski definition) is 3. The molecule has 3 aromatic heterocycles. The Bertz CT molecular complexity index is 1130. The molecule has 1 atom stereocenters. The van der Waals surface area contributed by atoms with Gasteiger partial charge >= 0.3 is 0 Å². The molecular formula is C23H23FN4. The second kappa shape index (κ2) is 6.97. The Morgan fingerprint density at radius 1 is 1.04 bits per heavy atom. The average Bonchev–Trinajstić information content (AvgIpc) is 3.17. The standard InChI is InChI=1S/C23H23FN4/c1-15(23-27-26-22-4-2-3-13-28(22)23)16-5-7-17(8-6-16)19-11-12-25-21-10-9-18(24)14-20(19)21/h2-4,9-17H,5-8H2,1H3/t15?,16-,17+. The highest BCUT2D eigenvalue weighted by Gasteiger charge is 2.29. The van der Waals surface area contributed by atoms with Crippen LogP contribution in [0.2, 0.25) is 0 Å². The third-order valence-corrected chi connectivity index (χ3v) is 6.40. The van der Waals surface area contributed by atoms with E-state index in [0.29, 0.717) is 17.8 Å². The second-order valence-electron chi connectivity index (χ2n) is 7.95. The van der Waals surface area contributed by atoms with Gasteiger partial charge in [0.2, 0.25) is 0 Å². The summed E-state index contributed by atoms with van der Waals surface area (Å²) < 4.78 is 15.9. The Morgan fingerprint density at radius 2 is 1.89 bits per heavy atom. The predicted molar refractivity (Wildman–Crippen MR) is 108 cm³/mol. The highest BCUT2D eigenvalue weighted by Crippen LogP contribution is 2.42. The molecule has 5 rings (SSSR count). The van der Waals surface area contributed by atoms with Crippen LogP contribution in [0.25, 0.3) is 16.6 Å². The van der Waals surface area contributed by atoms with Crippen molar-refractivity contribution >= 4 is 16.6 Å². The fraction of sp³-hybridized carbons (Fsp3) is 0.348. The summed E-state index contributed by atoms with van der Waals surface area (Å²) in [5, 5.41) is 9.73. The highest BCUT2D eigenvalue weighted by molar-refractivity contribution is 5.82. The Labute approximate surface area is 163 Å². The van der Waals surface area contributed by atoms with Crippen LogP contribution in [0.15, 0.2) is 54.9 Å². The SMILES string of the molecule is CC(c1nnc2ccccn12)[C@H]1CC[C@@H](c2ccnc3ccc(F)cc32)CC1. The molecule has 0 bridgehead atoms. The van der Waals surface area contributed by atoms with Crippen molar-refractivity contribution in [3.05, 3.63) is 72.1 Å². The molecular weight excluding hydrogens is 351 g/mol. The van der Waals surface area contributed by atoms with Gasteiger partial charge in [-0.05, 0) is 79.5 Å². The number of fused-ring (bicyclic) bond motifs is 2. The molecule has 1 aliphatic carbocycles. The third-order valence-electron chi connectivity index (χ3n) is 6.40. The van der Waals surface area contributed by atoms with Crippen molar-refractivity contribution < 1.29 is 4.39 Å². The number of pyridine rings is 2. The van der Waals surface area contributed by atoms with Gasteiger partial charge in [0.25, 0.3) is 0 Å². The Hall–Kier alpha value is -2.82. The van der Waals surface area contributed by atoms with Crippen LogP contribution in [-0.2, 0) is 0 Å². The summed E-state index contributed by atoms with van der Waals surface area (Å²) >= 11 is 0. The summed E-state index contributed by atoms with van der Waals surface area (Å²) in [6.07, 6.45) is 8.42. The molecule has 0 N–H and O–H groups in total. The molecule has 1 fully saturated rings. The average molecular weight is 374 g/mol. The first kappa shape index (κ1) is 17.3. The quantitative estimate of drug-likeness (QED) is 0.476. The lowest BCUT2D eigenvalue weighted by molar-refractivity contribution is 0.285. The molecule has 0 amide bonds. The molecule has 5 heteroatoms. The largest absolute Gasteiger partial charge is 0.286 e. The molecule has 0 radical (unpaired) electrons. The first-order chi connectivity index (χ1) is 13.7. The lowest BCUT2D eigenvalue weighted by Crippen LogP contribution is -2.20. The Kier molecular flexibility index (Phi) is 4.30. The van der Waals surface area contributed by atoms with Gasteiger partial charge in [-0.3, -0.25) is 9.38 Å². The second-order valence-corrected chi connectivity index (χ2v) is 7.95. The summed E-state index contributed by atoms with van der Waals surface area (Å²) in [6, 6.07) is 13.0. The molecule has 1 unspecified atom stereocenters. The van der Waals surface area contributed by atoms with Gasteiger partial charge in [0.05, 0.1) is 5.52 Å². The fourth-order valence-corrected chi connectivity index (χ4v) is 4.81. The summed E-state index contributed by atoms with van der Waals surface area (Å²) in [5.74, 6) is 2.28. The van der Waals surface area contributed by atoms with Crippen LogP contribution in [0.3, 0.4) is 0 Å². The van der Waals surface area contributed by atoms with Gasteiger partial charge in [-0.25, -0.2) is 4.39 Å². The molecule has 4 aromatic rings. The van der Waals surface area contributed by atoms with Gasteiger partial charge < -0.3 is 0 Å². The van der Waals surface area contributed by atoms with E-state index in [9.17, 15) is 4.39 Å². The molecule has 3 heterocycles. The normalized spacial score (nSPS) is 21.2. The summed E-state index contributed by atoms with van der Waals surface area (Å²) in [7, 11) is 0. The van der Waals surface area contributed by atoms with Crippen LogP contribution in [0.1, 0.15) is 55.8 Å². The Morgan fingerprint density at radius 3 is 2.75 bits per heavy atom. The zero-order chi connectivity index (χ0) is 19.1. The highest BCUT2D eigenvalue weighted by atomic mass is 19.1. The molecule has 142 valence electrons. The van der Waals surface area contributed by atoms with Gasteiger partial charge in [0.1, 0.15) is 11.6 Å². The minimum absolute atomic E-state index is 0.192. The van der Waals surface area contributed by atoms with E-state index < -0.39 is 0 Å². The maximum absolute atomic E-state index is 13.8. The third kappa shape index (κ3) is 2.95. The molecule has 28 heavy (non-hydrogen) atoms. The number of aromatic nitrogens is 4. The lowest BCUT2D eigenvalue weighted by atomic mass is 9.73. The van der Waals surface area contributed by atoms with Gasteiger partial charge in [-0.1, -0.05) is 13.0 Å². The lowest BCUT2D eigenvalue weighted by Gasteiger charge is -2.32. The monoisotopic (exact) mass is 374 g/mol. The number of halogens is 1. The van der Waals surface area contributed by atoms with Crippen molar-refractivity contribution in [2.75, 3.05) is 0 Å². The number of nitrogens with zero attached hydrogens (tertiary/aromatic N) is 4. The van der Waals surface area contributed by atoms with E-state index in [1.54, 1.807) is 12.1 Å². The number of hydrogen-bond donors (Lipinski definition) is 0. The van der Waals surface area contributed by atoms with Crippen LogP contribution in [0.4, 0.5) is 4.39 Å². The van der Waals surface area contributed by atoms with Gasteiger partial charge in [0.15, 0.2) is 5.65 Å². The number of rotatable bonds is 3. The fourth-order valence-electron chi connectivity index (χ4n) is 4.81. The van der Waals surface area contributed by atoms with Crippen LogP contribution in [-0.4, -0.2) is 19.6 Å². The van der Waals surface area contributed by atoms with Gasteiger partial charge in [-0.2, -0.15) is 0 Å².